The maximum atomic E-state index is 5.38. The van der Waals surface area contributed by atoms with Gasteiger partial charge in [-0.15, -0.1) is 0 Å². The van der Waals surface area contributed by atoms with Crippen molar-refractivity contribution in [2.24, 2.45) is 10.4 Å². The summed E-state index contributed by atoms with van der Waals surface area (Å²) in [7, 11) is 6.59. The third kappa shape index (κ3) is 6.18. The summed E-state index contributed by atoms with van der Waals surface area (Å²) in [4.78, 5) is 4.25. The lowest BCUT2D eigenvalue weighted by Gasteiger charge is -2.20. The summed E-state index contributed by atoms with van der Waals surface area (Å²) in [5.41, 5.74) is 1.31. The average Bonchev–Trinajstić information content (AvgIpc) is 2.55. The lowest BCUT2D eigenvalue weighted by Crippen LogP contribution is -2.38. The predicted molar refractivity (Wildman–Crippen MR) is 98.4 cm³/mol. The van der Waals surface area contributed by atoms with E-state index in [1.807, 2.05) is 12.1 Å². The van der Waals surface area contributed by atoms with Gasteiger partial charge in [0.1, 0.15) is 0 Å². The molecule has 2 N–H and O–H groups in total. The molecular weight excluding hydrogens is 306 g/mol. The normalized spacial score (nSPS) is 11.9. The zero-order valence-electron chi connectivity index (χ0n) is 15.9. The van der Waals surface area contributed by atoms with E-state index in [9.17, 15) is 0 Å². The summed E-state index contributed by atoms with van der Waals surface area (Å²) in [6.07, 6.45) is 1.07. The van der Waals surface area contributed by atoms with E-state index < -0.39 is 0 Å². The first-order chi connectivity index (χ1) is 11.3. The van der Waals surface area contributed by atoms with Gasteiger partial charge in [0, 0.05) is 20.1 Å². The van der Waals surface area contributed by atoms with E-state index in [4.69, 9.17) is 14.2 Å². The van der Waals surface area contributed by atoms with Crippen LogP contribution in [0.3, 0.4) is 0 Å². The first-order valence-corrected chi connectivity index (χ1v) is 8.08. The van der Waals surface area contributed by atoms with Gasteiger partial charge in [0.15, 0.2) is 17.5 Å². The fourth-order valence-corrected chi connectivity index (χ4v) is 2.20. The Morgan fingerprint density at radius 2 is 1.58 bits per heavy atom. The first-order valence-electron chi connectivity index (χ1n) is 8.08. The van der Waals surface area contributed by atoms with Crippen molar-refractivity contribution in [2.45, 2.75) is 33.7 Å². The van der Waals surface area contributed by atoms with Crippen LogP contribution < -0.4 is 24.8 Å². The lowest BCUT2D eigenvalue weighted by molar-refractivity contribution is 0.323. The van der Waals surface area contributed by atoms with Crippen LogP contribution in [-0.4, -0.2) is 40.9 Å². The number of nitrogens with one attached hydrogen (secondary N) is 2. The molecule has 6 heteroatoms. The Labute approximate surface area is 145 Å². The van der Waals surface area contributed by atoms with Gasteiger partial charge >= 0.3 is 0 Å². The number of rotatable bonds is 7. The molecule has 24 heavy (non-hydrogen) atoms. The molecule has 0 atom stereocenters. The van der Waals surface area contributed by atoms with Gasteiger partial charge in [-0.25, -0.2) is 0 Å². The third-order valence-electron chi connectivity index (χ3n) is 3.58. The number of guanidine groups is 1. The van der Waals surface area contributed by atoms with E-state index in [2.05, 4.69) is 36.4 Å². The number of nitrogens with zero attached hydrogens (tertiary/aromatic N) is 1. The van der Waals surface area contributed by atoms with Gasteiger partial charge in [-0.2, -0.15) is 0 Å². The van der Waals surface area contributed by atoms with Crippen LogP contribution in [0.2, 0.25) is 0 Å². The maximum absolute atomic E-state index is 5.38. The number of hydrogen-bond acceptors (Lipinski definition) is 4. The van der Waals surface area contributed by atoms with Crippen molar-refractivity contribution < 1.29 is 14.2 Å². The van der Waals surface area contributed by atoms with Crippen molar-refractivity contribution in [3.63, 3.8) is 0 Å². The second-order valence-corrected chi connectivity index (χ2v) is 6.70. The molecule has 0 aliphatic heterocycles. The molecule has 0 aliphatic carbocycles. The van der Waals surface area contributed by atoms with Crippen LogP contribution in [-0.2, 0) is 6.54 Å². The third-order valence-corrected chi connectivity index (χ3v) is 3.58. The number of hydrogen-bond donors (Lipinski definition) is 2. The van der Waals surface area contributed by atoms with Crippen LogP contribution in [0, 0.1) is 5.41 Å². The maximum Gasteiger partial charge on any atom is 0.203 e. The molecule has 0 spiro atoms. The molecule has 136 valence electrons. The Morgan fingerprint density at radius 3 is 2.00 bits per heavy atom. The quantitative estimate of drug-likeness (QED) is 0.592. The zero-order valence-corrected chi connectivity index (χ0v) is 15.9. The lowest BCUT2D eigenvalue weighted by atomic mass is 9.92. The molecule has 0 amide bonds. The van der Waals surface area contributed by atoms with Gasteiger partial charge in [-0.3, -0.25) is 4.99 Å². The van der Waals surface area contributed by atoms with Crippen molar-refractivity contribution in [3.8, 4) is 17.2 Å². The number of ether oxygens (including phenoxy) is 3. The number of methoxy groups -OCH3 is 3. The summed E-state index contributed by atoms with van der Waals surface area (Å²) in [6, 6.07) is 3.85. The Kier molecular flexibility index (Phi) is 7.68. The van der Waals surface area contributed by atoms with Crippen molar-refractivity contribution in [3.05, 3.63) is 17.7 Å². The molecule has 0 unspecified atom stereocenters. The average molecular weight is 337 g/mol. The molecule has 0 aromatic heterocycles. The molecule has 0 saturated carbocycles. The highest BCUT2D eigenvalue weighted by Crippen LogP contribution is 2.38. The van der Waals surface area contributed by atoms with Gasteiger partial charge in [0.25, 0.3) is 0 Å². The van der Waals surface area contributed by atoms with Crippen molar-refractivity contribution in [1.82, 2.24) is 10.6 Å². The standard InChI is InChI=1S/C18H31N3O3/c1-18(2,3)8-9-20-17(19-4)21-12-13-10-14(22-5)16(24-7)15(11-13)23-6/h10-11H,8-9,12H2,1-7H3,(H2,19,20,21). The molecule has 0 aliphatic rings. The molecule has 1 rings (SSSR count). The number of aliphatic imine (C=N–C) groups is 1. The Hall–Kier alpha value is -2.11. The highest BCUT2D eigenvalue weighted by Gasteiger charge is 2.13. The second-order valence-electron chi connectivity index (χ2n) is 6.70. The Morgan fingerprint density at radius 1 is 1.00 bits per heavy atom. The fraction of sp³-hybridized carbons (Fsp3) is 0.611. The Bertz CT molecular complexity index is 526. The van der Waals surface area contributed by atoms with E-state index in [-0.39, 0.29) is 0 Å². The van der Waals surface area contributed by atoms with E-state index in [0.29, 0.717) is 29.2 Å². The second kappa shape index (κ2) is 9.25. The van der Waals surface area contributed by atoms with E-state index in [1.165, 1.54) is 0 Å². The van der Waals surface area contributed by atoms with Gasteiger partial charge < -0.3 is 24.8 Å². The van der Waals surface area contributed by atoms with Crippen molar-refractivity contribution in [2.75, 3.05) is 34.9 Å². The molecule has 6 nitrogen and oxygen atoms in total. The summed E-state index contributed by atoms with van der Waals surface area (Å²) < 4.78 is 16.1. The monoisotopic (exact) mass is 337 g/mol. The minimum Gasteiger partial charge on any atom is -0.493 e. The predicted octanol–water partition coefficient (Wildman–Crippen LogP) is 2.81. The summed E-state index contributed by atoms with van der Waals surface area (Å²) >= 11 is 0. The molecule has 1 aromatic carbocycles. The molecule has 0 radical (unpaired) electrons. The molecule has 0 fully saturated rings. The van der Waals surface area contributed by atoms with E-state index >= 15 is 0 Å². The van der Waals surface area contributed by atoms with Crippen molar-refractivity contribution >= 4 is 5.96 Å². The highest BCUT2D eigenvalue weighted by molar-refractivity contribution is 5.79. The molecule has 0 bridgehead atoms. The van der Waals surface area contributed by atoms with Crippen LogP contribution in [0.1, 0.15) is 32.8 Å². The van der Waals surface area contributed by atoms with Gasteiger partial charge in [-0.1, -0.05) is 20.8 Å². The Balaban J connectivity index is 2.71. The molecule has 1 aromatic rings. The van der Waals surface area contributed by atoms with Crippen LogP contribution in [0.25, 0.3) is 0 Å². The van der Waals surface area contributed by atoms with E-state index in [0.717, 1.165) is 24.5 Å². The topological polar surface area (TPSA) is 64.1 Å². The van der Waals surface area contributed by atoms with Crippen LogP contribution in [0.5, 0.6) is 17.2 Å². The van der Waals surface area contributed by atoms with Crippen molar-refractivity contribution in [1.29, 1.82) is 0 Å². The minimum atomic E-state index is 0.294. The highest BCUT2D eigenvalue weighted by atomic mass is 16.5. The smallest absolute Gasteiger partial charge is 0.203 e. The molecule has 0 heterocycles. The SMILES string of the molecule is CN=C(NCCC(C)(C)C)NCc1cc(OC)c(OC)c(OC)c1. The first kappa shape index (κ1) is 19.9. The zero-order chi connectivity index (χ0) is 18.2. The minimum absolute atomic E-state index is 0.294. The molecular formula is C18H31N3O3. The molecule has 0 saturated heterocycles. The summed E-state index contributed by atoms with van der Waals surface area (Å²) in [5, 5.41) is 6.63. The van der Waals surface area contributed by atoms with E-state index in [1.54, 1.807) is 28.4 Å². The van der Waals surface area contributed by atoms with Crippen LogP contribution in [0.15, 0.2) is 17.1 Å². The summed E-state index contributed by atoms with van der Waals surface area (Å²) in [6.45, 7) is 8.15. The fourth-order valence-electron chi connectivity index (χ4n) is 2.20. The largest absolute Gasteiger partial charge is 0.493 e. The van der Waals surface area contributed by atoms with Gasteiger partial charge in [0.05, 0.1) is 21.3 Å². The van der Waals surface area contributed by atoms with Crippen LogP contribution in [0.4, 0.5) is 0 Å². The summed E-state index contributed by atoms with van der Waals surface area (Å²) in [5.74, 6) is 2.65. The van der Waals surface area contributed by atoms with Gasteiger partial charge in [-0.05, 0) is 29.5 Å². The van der Waals surface area contributed by atoms with Crippen LogP contribution >= 0.6 is 0 Å². The van der Waals surface area contributed by atoms with Gasteiger partial charge in [0.2, 0.25) is 5.75 Å². The number of benzene rings is 1.